The van der Waals surface area contributed by atoms with Gasteiger partial charge < -0.3 is 5.32 Å². The van der Waals surface area contributed by atoms with E-state index in [2.05, 4.69) is 31.8 Å². The Labute approximate surface area is 157 Å². The first kappa shape index (κ1) is 18.4. The molecule has 0 spiro atoms. The Balaban J connectivity index is 1.84. The summed E-state index contributed by atoms with van der Waals surface area (Å²) in [6, 6.07) is 11.9. The van der Waals surface area contributed by atoms with Gasteiger partial charge >= 0.3 is 0 Å². The van der Waals surface area contributed by atoms with Crippen LogP contribution in [-0.4, -0.2) is 24.6 Å². The molecular formula is C16H12BrCl2N3O2. The number of carbonyl (C=O) groups excluding carboxylic acids is 2. The van der Waals surface area contributed by atoms with E-state index in [0.29, 0.717) is 21.2 Å². The summed E-state index contributed by atoms with van der Waals surface area (Å²) in [5, 5.41) is 7.03. The smallest absolute Gasteiger partial charge is 0.259 e. The van der Waals surface area contributed by atoms with Gasteiger partial charge in [0.25, 0.3) is 11.8 Å². The number of nitrogens with one attached hydrogen (secondary N) is 2. The number of halogens is 3. The zero-order chi connectivity index (χ0) is 17.5. The molecule has 2 rings (SSSR count). The van der Waals surface area contributed by atoms with Crippen LogP contribution in [0.5, 0.6) is 0 Å². The van der Waals surface area contributed by atoms with Crippen LogP contribution in [0.4, 0.5) is 0 Å². The average molecular weight is 429 g/mol. The van der Waals surface area contributed by atoms with E-state index < -0.39 is 5.91 Å². The zero-order valence-corrected chi connectivity index (χ0v) is 15.3. The fraction of sp³-hybridized carbons (Fsp3) is 0.0625. The van der Waals surface area contributed by atoms with Crippen molar-refractivity contribution >= 4 is 57.2 Å². The molecule has 0 bridgehead atoms. The lowest BCUT2D eigenvalue weighted by atomic mass is 10.2. The van der Waals surface area contributed by atoms with Crippen molar-refractivity contribution in [3.63, 3.8) is 0 Å². The molecule has 0 heterocycles. The Morgan fingerprint density at radius 3 is 2.67 bits per heavy atom. The number of carbonyl (C=O) groups is 2. The molecule has 124 valence electrons. The van der Waals surface area contributed by atoms with Gasteiger partial charge in [0.1, 0.15) is 0 Å². The first-order valence-electron chi connectivity index (χ1n) is 6.77. The lowest BCUT2D eigenvalue weighted by molar-refractivity contribution is -0.120. The minimum atomic E-state index is -0.465. The molecule has 0 aliphatic rings. The summed E-state index contributed by atoms with van der Waals surface area (Å²) in [6.07, 6.45) is 1.38. The minimum Gasteiger partial charge on any atom is -0.343 e. The number of benzene rings is 2. The van der Waals surface area contributed by atoms with Crippen molar-refractivity contribution in [3.8, 4) is 0 Å². The lowest BCUT2D eigenvalue weighted by Gasteiger charge is -2.05. The molecule has 0 saturated carbocycles. The standard InChI is InChI=1S/C16H12BrCl2N3O2/c17-12-5-1-3-10(7-12)16(24)20-9-14(23)22-21-8-11-4-2-6-13(18)15(11)19/h1-8H,9H2,(H,20,24)(H,22,23). The Morgan fingerprint density at radius 1 is 1.17 bits per heavy atom. The molecule has 8 heteroatoms. The first-order chi connectivity index (χ1) is 11.5. The number of nitrogens with zero attached hydrogens (tertiary/aromatic N) is 1. The van der Waals surface area contributed by atoms with Crippen LogP contribution in [0.25, 0.3) is 0 Å². The van der Waals surface area contributed by atoms with E-state index >= 15 is 0 Å². The maximum absolute atomic E-state index is 11.9. The van der Waals surface area contributed by atoms with Gasteiger partial charge in [-0.1, -0.05) is 57.3 Å². The highest BCUT2D eigenvalue weighted by atomic mass is 79.9. The summed E-state index contributed by atoms with van der Waals surface area (Å²) < 4.78 is 0.780. The van der Waals surface area contributed by atoms with Gasteiger partial charge in [0.2, 0.25) is 0 Å². The predicted octanol–water partition coefficient (Wildman–Crippen LogP) is 3.64. The second-order valence-electron chi connectivity index (χ2n) is 4.63. The molecule has 0 atom stereocenters. The number of hydrazone groups is 1. The van der Waals surface area contributed by atoms with Crippen LogP contribution < -0.4 is 10.7 Å². The van der Waals surface area contributed by atoms with E-state index in [1.807, 2.05) is 0 Å². The van der Waals surface area contributed by atoms with Crippen molar-refractivity contribution < 1.29 is 9.59 Å². The van der Waals surface area contributed by atoms with E-state index in [1.165, 1.54) is 6.21 Å². The summed E-state index contributed by atoms with van der Waals surface area (Å²) in [6.45, 7) is -0.202. The predicted molar refractivity (Wildman–Crippen MR) is 98.7 cm³/mol. The SMILES string of the molecule is O=C(CNC(=O)c1cccc(Br)c1)NN=Cc1cccc(Cl)c1Cl. The normalized spacial score (nSPS) is 10.6. The molecular weight excluding hydrogens is 417 g/mol. The van der Waals surface area contributed by atoms with Gasteiger partial charge in [-0.05, 0) is 24.3 Å². The number of hydrogen-bond acceptors (Lipinski definition) is 3. The van der Waals surface area contributed by atoms with E-state index in [4.69, 9.17) is 23.2 Å². The van der Waals surface area contributed by atoms with Gasteiger partial charge in [-0.2, -0.15) is 5.10 Å². The highest BCUT2D eigenvalue weighted by Crippen LogP contribution is 2.24. The summed E-state index contributed by atoms with van der Waals surface area (Å²) in [4.78, 5) is 23.6. The molecule has 2 N–H and O–H groups in total. The molecule has 24 heavy (non-hydrogen) atoms. The molecule has 0 radical (unpaired) electrons. The summed E-state index contributed by atoms with van der Waals surface area (Å²) in [5.74, 6) is -0.818. The van der Waals surface area contributed by atoms with Crippen LogP contribution in [0, 0.1) is 0 Å². The van der Waals surface area contributed by atoms with E-state index in [0.717, 1.165) is 4.47 Å². The first-order valence-corrected chi connectivity index (χ1v) is 8.32. The molecule has 5 nitrogen and oxygen atoms in total. The van der Waals surface area contributed by atoms with Crippen molar-refractivity contribution in [3.05, 3.63) is 68.1 Å². The van der Waals surface area contributed by atoms with Crippen LogP contribution in [0.15, 0.2) is 52.0 Å². The second-order valence-corrected chi connectivity index (χ2v) is 6.33. The Morgan fingerprint density at radius 2 is 1.92 bits per heavy atom. The van der Waals surface area contributed by atoms with E-state index in [1.54, 1.807) is 42.5 Å². The summed E-state index contributed by atoms with van der Waals surface area (Å²) >= 11 is 15.2. The molecule has 2 amide bonds. The van der Waals surface area contributed by atoms with Gasteiger partial charge in [-0.25, -0.2) is 5.43 Å². The van der Waals surface area contributed by atoms with Crippen LogP contribution >= 0.6 is 39.1 Å². The fourth-order valence-corrected chi connectivity index (χ4v) is 2.48. The topological polar surface area (TPSA) is 70.6 Å². The van der Waals surface area contributed by atoms with Gasteiger partial charge in [0.05, 0.1) is 22.8 Å². The highest BCUT2D eigenvalue weighted by Gasteiger charge is 2.08. The molecule has 2 aromatic carbocycles. The highest BCUT2D eigenvalue weighted by molar-refractivity contribution is 9.10. The quantitative estimate of drug-likeness (QED) is 0.563. The molecule has 0 fully saturated rings. The summed E-state index contributed by atoms with van der Waals surface area (Å²) in [5.41, 5.74) is 3.32. The fourth-order valence-electron chi connectivity index (χ4n) is 1.73. The monoisotopic (exact) mass is 427 g/mol. The molecule has 0 aliphatic heterocycles. The number of rotatable bonds is 5. The third-order valence-electron chi connectivity index (χ3n) is 2.87. The summed E-state index contributed by atoms with van der Waals surface area (Å²) in [7, 11) is 0. The van der Waals surface area contributed by atoms with Crippen molar-refractivity contribution in [1.29, 1.82) is 0 Å². The average Bonchev–Trinajstić information content (AvgIpc) is 2.56. The maximum atomic E-state index is 11.9. The second kappa shape index (κ2) is 8.82. The van der Waals surface area contributed by atoms with Crippen LogP contribution in [0.3, 0.4) is 0 Å². The minimum absolute atomic E-state index is 0.202. The van der Waals surface area contributed by atoms with Crippen molar-refractivity contribution in [2.24, 2.45) is 5.10 Å². The van der Waals surface area contributed by atoms with Crippen LogP contribution in [0.2, 0.25) is 10.0 Å². The third kappa shape index (κ3) is 5.33. The Bertz CT molecular complexity index is 797. The molecule has 2 aromatic rings. The Hall–Kier alpha value is -1.89. The van der Waals surface area contributed by atoms with Crippen molar-refractivity contribution in [2.75, 3.05) is 6.54 Å². The van der Waals surface area contributed by atoms with Crippen molar-refractivity contribution in [2.45, 2.75) is 0 Å². The van der Waals surface area contributed by atoms with Gasteiger partial charge in [-0.15, -0.1) is 0 Å². The largest absolute Gasteiger partial charge is 0.343 e. The van der Waals surface area contributed by atoms with E-state index in [-0.39, 0.29) is 12.5 Å². The van der Waals surface area contributed by atoms with Gasteiger partial charge in [0, 0.05) is 15.6 Å². The molecule has 0 saturated heterocycles. The Kier molecular flexibility index (Phi) is 6.78. The van der Waals surface area contributed by atoms with Crippen LogP contribution in [0.1, 0.15) is 15.9 Å². The lowest BCUT2D eigenvalue weighted by Crippen LogP contribution is -2.34. The number of hydrogen-bond donors (Lipinski definition) is 2. The molecule has 0 aromatic heterocycles. The maximum Gasteiger partial charge on any atom is 0.259 e. The molecule has 0 aliphatic carbocycles. The van der Waals surface area contributed by atoms with Gasteiger partial charge in [0.15, 0.2) is 0 Å². The molecule has 0 unspecified atom stereocenters. The van der Waals surface area contributed by atoms with Crippen LogP contribution in [-0.2, 0) is 4.79 Å². The third-order valence-corrected chi connectivity index (χ3v) is 4.20. The number of amides is 2. The zero-order valence-electron chi connectivity index (χ0n) is 12.2. The van der Waals surface area contributed by atoms with Gasteiger partial charge in [-0.3, -0.25) is 9.59 Å². The van der Waals surface area contributed by atoms with E-state index in [9.17, 15) is 9.59 Å². The van der Waals surface area contributed by atoms with Crippen molar-refractivity contribution in [1.82, 2.24) is 10.7 Å².